The fourth-order valence-electron chi connectivity index (χ4n) is 2.72. The van der Waals surface area contributed by atoms with Crippen molar-refractivity contribution in [3.63, 3.8) is 0 Å². The molecule has 5 heteroatoms. The minimum absolute atomic E-state index is 0.759. The Balaban J connectivity index is 1.64. The smallest absolute Gasteiger partial charge is 0.185 e. The van der Waals surface area contributed by atoms with Crippen LogP contribution in [0.2, 0.25) is 0 Å². The first-order valence-electron chi connectivity index (χ1n) is 8.17. The minimum atomic E-state index is 0.759. The van der Waals surface area contributed by atoms with Crippen LogP contribution >= 0.6 is 11.8 Å². The molecule has 25 heavy (non-hydrogen) atoms. The van der Waals surface area contributed by atoms with Crippen molar-refractivity contribution in [2.24, 2.45) is 0 Å². The molecule has 0 atom stereocenters. The number of fused-ring (bicyclic) bond motifs is 1. The molecule has 0 unspecified atom stereocenters. The van der Waals surface area contributed by atoms with Crippen molar-refractivity contribution in [3.8, 4) is 11.4 Å². The van der Waals surface area contributed by atoms with Crippen molar-refractivity contribution in [1.29, 1.82) is 0 Å². The predicted molar refractivity (Wildman–Crippen MR) is 102 cm³/mol. The Morgan fingerprint density at radius 3 is 2.60 bits per heavy atom. The Kier molecular flexibility index (Phi) is 4.24. The summed E-state index contributed by atoms with van der Waals surface area (Å²) in [6.07, 6.45) is 0. The van der Waals surface area contributed by atoms with Gasteiger partial charge in [-0.1, -0.05) is 65.9 Å². The maximum atomic E-state index is 4.73. The second-order valence-electron chi connectivity index (χ2n) is 6.05. The molecule has 0 aliphatic rings. The Labute approximate surface area is 150 Å². The predicted octanol–water partition coefficient (Wildman–Crippen LogP) is 4.70. The fourth-order valence-corrected chi connectivity index (χ4v) is 3.64. The fraction of sp³-hybridized carbons (Fsp3) is 0.150. The molecule has 4 aromatic rings. The van der Waals surface area contributed by atoms with Crippen molar-refractivity contribution in [3.05, 3.63) is 77.4 Å². The van der Waals surface area contributed by atoms with Gasteiger partial charge in [0.2, 0.25) is 0 Å². The summed E-state index contributed by atoms with van der Waals surface area (Å²) < 4.78 is 1.82. The quantitative estimate of drug-likeness (QED) is 0.502. The molecule has 0 N–H and O–H groups in total. The van der Waals surface area contributed by atoms with E-state index in [9.17, 15) is 0 Å². The molecule has 2 heterocycles. The van der Waals surface area contributed by atoms with Gasteiger partial charge < -0.3 is 0 Å². The van der Waals surface area contributed by atoms with E-state index in [-0.39, 0.29) is 0 Å². The lowest BCUT2D eigenvalue weighted by atomic mass is 10.1. The highest BCUT2D eigenvalue weighted by Gasteiger charge is 2.10. The van der Waals surface area contributed by atoms with Crippen LogP contribution in [0.15, 0.2) is 65.7 Å². The maximum absolute atomic E-state index is 4.73. The lowest BCUT2D eigenvalue weighted by Crippen LogP contribution is -1.97. The van der Waals surface area contributed by atoms with Crippen molar-refractivity contribution >= 4 is 17.4 Å². The van der Waals surface area contributed by atoms with Gasteiger partial charge >= 0.3 is 0 Å². The summed E-state index contributed by atoms with van der Waals surface area (Å²) in [6.45, 7) is 4.28. The van der Waals surface area contributed by atoms with Gasteiger partial charge in [-0.25, -0.2) is 0 Å². The van der Waals surface area contributed by atoms with Crippen LogP contribution in [0.1, 0.15) is 16.7 Å². The number of aryl methyl sites for hydroxylation is 2. The highest BCUT2D eigenvalue weighted by atomic mass is 32.2. The molecule has 124 valence electrons. The third kappa shape index (κ3) is 3.28. The normalized spacial score (nSPS) is 11.1. The van der Waals surface area contributed by atoms with E-state index in [1.165, 1.54) is 16.7 Å². The lowest BCUT2D eigenvalue weighted by molar-refractivity contribution is 0.860. The average Bonchev–Trinajstić information content (AvgIpc) is 3.06. The second kappa shape index (κ2) is 6.69. The Morgan fingerprint density at radius 1 is 0.920 bits per heavy atom. The van der Waals surface area contributed by atoms with E-state index in [0.717, 1.165) is 27.8 Å². The number of hydrogen-bond acceptors (Lipinski definition) is 4. The summed E-state index contributed by atoms with van der Waals surface area (Å²) in [5.74, 6) is 1.67. The first kappa shape index (κ1) is 15.8. The van der Waals surface area contributed by atoms with Crippen LogP contribution in [-0.4, -0.2) is 19.8 Å². The molecular formula is C20H18N4S. The maximum Gasteiger partial charge on any atom is 0.185 e. The first-order valence-corrected chi connectivity index (χ1v) is 9.16. The zero-order valence-electron chi connectivity index (χ0n) is 14.2. The van der Waals surface area contributed by atoms with Crippen molar-refractivity contribution in [1.82, 2.24) is 19.8 Å². The van der Waals surface area contributed by atoms with E-state index >= 15 is 0 Å². The summed E-state index contributed by atoms with van der Waals surface area (Å²) in [6, 6.07) is 20.6. The Hall–Kier alpha value is -2.66. The van der Waals surface area contributed by atoms with Crippen LogP contribution in [0, 0.1) is 13.8 Å². The Morgan fingerprint density at radius 2 is 1.76 bits per heavy atom. The van der Waals surface area contributed by atoms with Crippen LogP contribution in [0.3, 0.4) is 0 Å². The molecule has 0 fully saturated rings. The number of rotatable bonds is 4. The summed E-state index contributed by atoms with van der Waals surface area (Å²) in [5.41, 5.74) is 5.72. The molecule has 0 aliphatic carbocycles. The zero-order chi connectivity index (χ0) is 17.2. The minimum Gasteiger partial charge on any atom is -0.192 e. The van der Waals surface area contributed by atoms with Crippen LogP contribution in [0.4, 0.5) is 0 Å². The SMILES string of the molecule is Cc1ccc(C)c(CSc2ccc3nnc(-c4ccccc4)n3n2)c1. The van der Waals surface area contributed by atoms with Crippen LogP contribution in [0.25, 0.3) is 17.0 Å². The number of benzene rings is 2. The molecule has 0 radical (unpaired) electrons. The zero-order valence-corrected chi connectivity index (χ0v) is 15.0. The van der Waals surface area contributed by atoms with E-state index < -0.39 is 0 Å². The van der Waals surface area contributed by atoms with Gasteiger partial charge in [0.25, 0.3) is 0 Å². The molecule has 4 rings (SSSR count). The average molecular weight is 346 g/mol. The van der Waals surface area contributed by atoms with Crippen LogP contribution in [0.5, 0.6) is 0 Å². The lowest BCUT2D eigenvalue weighted by Gasteiger charge is -2.07. The summed E-state index contributed by atoms with van der Waals surface area (Å²) in [7, 11) is 0. The molecule has 0 amide bonds. The van der Waals surface area contributed by atoms with Gasteiger partial charge in [0, 0.05) is 11.3 Å². The summed E-state index contributed by atoms with van der Waals surface area (Å²) >= 11 is 1.73. The molecule has 4 nitrogen and oxygen atoms in total. The first-order chi connectivity index (χ1) is 12.2. The molecule has 0 bridgehead atoms. The molecule has 0 aliphatic heterocycles. The number of thioether (sulfide) groups is 1. The van der Waals surface area contributed by atoms with Gasteiger partial charge in [-0.3, -0.25) is 0 Å². The van der Waals surface area contributed by atoms with Gasteiger partial charge in [0.05, 0.1) is 0 Å². The van der Waals surface area contributed by atoms with Gasteiger partial charge in [0.1, 0.15) is 5.03 Å². The standard InChI is InChI=1S/C20H18N4S/c1-14-8-9-15(2)17(12-14)13-25-19-11-10-18-21-22-20(24(18)23-19)16-6-4-3-5-7-16/h3-12H,13H2,1-2H3. The molecule has 0 spiro atoms. The van der Waals surface area contributed by atoms with Crippen LogP contribution < -0.4 is 0 Å². The molecule has 0 saturated heterocycles. The van der Waals surface area contributed by atoms with Crippen molar-refractivity contribution < 1.29 is 0 Å². The monoisotopic (exact) mass is 346 g/mol. The van der Waals surface area contributed by atoms with E-state index in [1.54, 1.807) is 11.8 Å². The molecular weight excluding hydrogens is 328 g/mol. The summed E-state index contributed by atoms with van der Waals surface area (Å²) in [5, 5.41) is 14.2. The second-order valence-corrected chi connectivity index (χ2v) is 7.05. The van der Waals surface area contributed by atoms with E-state index in [4.69, 9.17) is 5.10 Å². The van der Waals surface area contributed by atoms with Crippen molar-refractivity contribution in [2.45, 2.75) is 24.6 Å². The van der Waals surface area contributed by atoms with E-state index in [1.807, 2.05) is 47.0 Å². The van der Waals surface area contributed by atoms with Gasteiger partial charge in [-0.15, -0.1) is 10.2 Å². The summed E-state index contributed by atoms with van der Waals surface area (Å²) in [4.78, 5) is 0. The highest BCUT2D eigenvalue weighted by Crippen LogP contribution is 2.25. The highest BCUT2D eigenvalue weighted by molar-refractivity contribution is 7.98. The van der Waals surface area contributed by atoms with E-state index in [2.05, 4.69) is 42.2 Å². The van der Waals surface area contributed by atoms with Gasteiger partial charge in [0.15, 0.2) is 11.5 Å². The molecule has 2 aromatic carbocycles. The van der Waals surface area contributed by atoms with Crippen LogP contribution in [-0.2, 0) is 5.75 Å². The third-order valence-corrected chi connectivity index (χ3v) is 5.12. The van der Waals surface area contributed by atoms with E-state index in [0.29, 0.717) is 0 Å². The molecule has 2 aromatic heterocycles. The topological polar surface area (TPSA) is 43.1 Å². The third-order valence-electron chi connectivity index (χ3n) is 4.15. The number of nitrogens with zero attached hydrogens (tertiary/aromatic N) is 4. The molecule has 0 saturated carbocycles. The Bertz CT molecular complexity index is 1020. The largest absolute Gasteiger partial charge is 0.192 e. The van der Waals surface area contributed by atoms with Gasteiger partial charge in [-0.05, 0) is 37.1 Å². The van der Waals surface area contributed by atoms with Crippen molar-refractivity contribution in [2.75, 3.05) is 0 Å². The number of aromatic nitrogens is 4. The number of hydrogen-bond donors (Lipinski definition) is 0. The van der Waals surface area contributed by atoms with Gasteiger partial charge in [-0.2, -0.15) is 9.61 Å².